The second-order valence-corrected chi connectivity index (χ2v) is 15.1. The lowest BCUT2D eigenvalue weighted by Crippen LogP contribution is -2.25. The maximum Gasteiger partial charge on any atom is 0.497 e. The van der Waals surface area contributed by atoms with Gasteiger partial charge in [-0.3, -0.25) is 0 Å². The summed E-state index contributed by atoms with van der Waals surface area (Å²) in [6.07, 6.45) is 0. The Bertz CT molecular complexity index is 975. The molecule has 3 nitrogen and oxygen atoms in total. The van der Waals surface area contributed by atoms with E-state index < -0.39 is 8.60 Å². The fourth-order valence-corrected chi connectivity index (χ4v) is 4.80. The highest BCUT2D eigenvalue weighted by atomic mass is 31.2. The van der Waals surface area contributed by atoms with Crippen LogP contribution in [0, 0.1) is 11.8 Å². The summed E-state index contributed by atoms with van der Waals surface area (Å²) in [6, 6.07) is 12.4. The number of rotatable bonds is 9. The molecule has 0 aliphatic heterocycles. The van der Waals surface area contributed by atoms with Crippen molar-refractivity contribution in [2.45, 2.75) is 119 Å². The second kappa shape index (κ2) is 11.2. The minimum absolute atomic E-state index is 0.0104. The standard InChI is InChI=1S/C32H50FO3P/c1-21(2)31(11,12)23-15-17-27(25(19-23)29(5,6)7)34-37(36-33)35-28-18-16-24(32(13,14)22(3)4)20-26(28)30(8,9)10/h15-22H,1-14H3. The van der Waals surface area contributed by atoms with E-state index in [-0.39, 0.29) is 21.7 Å². The molecule has 208 valence electrons. The molecule has 0 heterocycles. The molecule has 0 fully saturated rings. The van der Waals surface area contributed by atoms with E-state index in [0.717, 1.165) is 11.1 Å². The summed E-state index contributed by atoms with van der Waals surface area (Å²) in [5, 5.41) is 0. The van der Waals surface area contributed by atoms with Gasteiger partial charge in [0.2, 0.25) is 0 Å². The predicted molar refractivity (Wildman–Crippen MR) is 156 cm³/mol. The zero-order valence-electron chi connectivity index (χ0n) is 25.7. The first-order chi connectivity index (χ1) is 16.7. The van der Waals surface area contributed by atoms with Crippen molar-refractivity contribution >= 4 is 8.60 Å². The van der Waals surface area contributed by atoms with Gasteiger partial charge >= 0.3 is 8.60 Å². The average Bonchev–Trinajstić information content (AvgIpc) is 2.77. The van der Waals surface area contributed by atoms with Crippen LogP contribution in [-0.2, 0) is 26.4 Å². The molecule has 2 aromatic carbocycles. The van der Waals surface area contributed by atoms with Gasteiger partial charge in [-0.15, -0.1) is 0 Å². The van der Waals surface area contributed by atoms with E-state index in [1.54, 1.807) is 0 Å². The van der Waals surface area contributed by atoms with Crippen molar-refractivity contribution in [3.8, 4) is 11.5 Å². The third-order valence-corrected chi connectivity index (χ3v) is 9.16. The first-order valence-corrected chi connectivity index (χ1v) is 14.6. The van der Waals surface area contributed by atoms with Gasteiger partial charge in [0.15, 0.2) is 0 Å². The molecule has 5 heteroatoms. The lowest BCUT2D eigenvalue weighted by Gasteiger charge is -2.33. The molecule has 0 unspecified atom stereocenters. The van der Waals surface area contributed by atoms with Gasteiger partial charge in [0.25, 0.3) is 0 Å². The molecule has 0 amide bonds. The largest absolute Gasteiger partial charge is 0.497 e. The monoisotopic (exact) mass is 532 g/mol. The van der Waals surface area contributed by atoms with Crippen LogP contribution < -0.4 is 9.05 Å². The fourth-order valence-electron chi connectivity index (χ4n) is 4.07. The summed E-state index contributed by atoms with van der Waals surface area (Å²) in [4.78, 5) is 0. The zero-order chi connectivity index (χ0) is 28.6. The van der Waals surface area contributed by atoms with Crippen LogP contribution in [0.2, 0.25) is 0 Å². The molecule has 0 atom stereocenters. The summed E-state index contributed by atoms with van der Waals surface area (Å²) in [6.45, 7) is 30.7. The topological polar surface area (TPSA) is 27.7 Å². The fraction of sp³-hybridized carbons (Fsp3) is 0.625. The Kier molecular flexibility index (Phi) is 9.58. The summed E-state index contributed by atoms with van der Waals surface area (Å²) in [7, 11) is -2.30. The lowest BCUT2D eigenvalue weighted by atomic mass is 9.73. The Morgan fingerprint density at radius 1 is 0.595 bits per heavy atom. The van der Waals surface area contributed by atoms with Gasteiger partial charge in [0.05, 0.1) is 0 Å². The van der Waals surface area contributed by atoms with Crippen LogP contribution in [0.5, 0.6) is 11.5 Å². The van der Waals surface area contributed by atoms with E-state index in [1.165, 1.54) is 11.1 Å². The highest BCUT2D eigenvalue weighted by Gasteiger charge is 2.32. The van der Waals surface area contributed by atoms with Crippen molar-refractivity contribution in [2.24, 2.45) is 11.8 Å². The molecule has 2 aromatic rings. The summed E-state index contributed by atoms with van der Waals surface area (Å²) >= 11 is 0. The normalized spacial score (nSPS) is 13.6. The molecule has 0 N–H and O–H groups in total. The smallest absolute Gasteiger partial charge is 0.416 e. The van der Waals surface area contributed by atoms with Gasteiger partial charge in [-0.2, -0.15) is 0 Å². The lowest BCUT2D eigenvalue weighted by molar-refractivity contribution is -0.0159. The number of hydrogen-bond acceptors (Lipinski definition) is 3. The van der Waals surface area contributed by atoms with E-state index >= 15 is 0 Å². The van der Waals surface area contributed by atoms with E-state index in [1.807, 2.05) is 12.1 Å². The van der Waals surface area contributed by atoms with Crippen LogP contribution in [-0.4, -0.2) is 0 Å². The highest BCUT2D eigenvalue weighted by molar-refractivity contribution is 7.42. The molecule has 0 aliphatic rings. The maximum atomic E-state index is 13.9. The van der Waals surface area contributed by atoms with Crippen molar-refractivity contribution in [3.05, 3.63) is 58.7 Å². The van der Waals surface area contributed by atoms with Crippen molar-refractivity contribution < 1.29 is 18.3 Å². The van der Waals surface area contributed by atoms with Crippen molar-refractivity contribution in [3.63, 3.8) is 0 Å². The predicted octanol–water partition coefficient (Wildman–Crippen LogP) is 10.7. The second-order valence-electron chi connectivity index (χ2n) is 14.1. The molecule has 0 aliphatic carbocycles. The van der Waals surface area contributed by atoms with E-state index in [2.05, 4.69) is 126 Å². The first kappa shape index (κ1) is 31.6. The van der Waals surface area contributed by atoms with Crippen LogP contribution >= 0.6 is 8.60 Å². The van der Waals surface area contributed by atoms with Crippen molar-refractivity contribution in [1.29, 1.82) is 0 Å². The molecule has 0 spiro atoms. The molecular formula is C32H50FO3P. The molecular weight excluding hydrogens is 482 g/mol. The van der Waals surface area contributed by atoms with Crippen LogP contribution in [0.25, 0.3) is 0 Å². The molecule has 0 radical (unpaired) electrons. The van der Waals surface area contributed by atoms with E-state index in [9.17, 15) is 4.53 Å². The zero-order valence-corrected chi connectivity index (χ0v) is 26.6. The van der Waals surface area contributed by atoms with Gasteiger partial charge in [-0.25, -0.2) is 0 Å². The number of benzene rings is 2. The Hall–Kier alpha value is -1.64. The minimum atomic E-state index is -2.30. The highest BCUT2D eigenvalue weighted by Crippen LogP contribution is 2.48. The van der Waals surface area contributed by atoms with Crippen LogP contribution in [0.4, 0.5) is 4.53 Å². The molecule has 0 saturated carbocycles. The summed E-state index contributed by atoms with van der Waals surface area (Å²) in [5.41, 5.74) is 4.00. The van der Waals surface area contributed by atoms with Gasteiger partial charge in [0, 0.05) is 11.1 Å². The van der Waals surface area contributed by atoms with Gasteiger partial charge in [-0.1, -0.05) is 126 Å². The van der Waals surface area contributed by atoms with Crippen LogP contribution in [0.15, 0.2) is 36.4 Å². The molecule has 0 bridgehead atoms. The molecule has 0 saturated heterocycles. The van der Waals surface area contributed by atoms with E-state index in [0.29, 0.717) is 23.3 Å². The van der Waals surface area contributed by atoms with Gasteiger partial charge < -0.3 is 9.05 Å². The summed E-state index contributed by atoms with van der Waals surface area (Å²) < 4.78 is 30.4. The Morgan fingerprint density at radius 2 is 0.919 bits per heavy atom. The van der Waals surface area contributed by atoms with Crippen molar-refractivity contribution in [1.82, 2.24) is 0 Å². The Morgan fingerprint density at radius 3 is 1.16 bits per heavy atom. The third-order valence-electron chi connectivity index (χ3n) is 8.35. The number of hydrogen-bond donors (Lipinski definition) is 0. The molecule has 0 aromatic heterocycles. The maximum absolute atomic E-state index is 13.9. The van der Waals surface area contributed by atoms with Crippen molar-refractivity contribution in [2.75, 3.05) is 0 Å². The Balaban J connectivity index is 2.49. The van der Waals surface area contributed by atoms with Gasteiger partial charge in [0.1, 0.15) is 11.5 Å². The Labute approximate surface area is 227 Å². The molecule has 37 heavy (non-hydrogen) atoms. The average molecular weight is 533 g/mol. The minimum Gasteiger partial charge on any atom is -0.416 e. The quantitative estimate of drug-likeness (QED) is 0.301. The van der Waals surface area contributed by atoms with Crippen LogP contribution in [0.1, 0.15) is 119 Å². The van der Waals surface area contributed by atoms with E-state index in [4.69, 9.17) is 9.05 Å². The molecule has 2 rings (SSSR count). The number of halogens is 1. The van der Waals surface area contributed by atoms with Gasteiger partial charge in [-0.05, 0) is 61.3 Å². The third kappa shape index (κ3) is 7.27. The van der Waals surface area contributed by atoms with Crippen LogP contribution in [0.3, 0.4) is 0 Å². The first-order valence-electron chi connectivity index (χ1n) is 13.5. The SMILES string of the molecule is CC(C)C(C)(C)c1ccc(OP(OF)Oc2ccc(C(C)(C)C(C)C)cc2C(C)(C)C)c(C(C)(C)C)c1. The summed E-state index contributed by atoms with van der Waals surface area (Å²) in [5.74, 6) is 2.08.